The summed E-state index contributed by atoms with van der Waals surface area (Å²) < 4.78 is 0. The molecule has 1 fully saturated rings. The summed E-state index contributed by atoms with van der Waals surface area (Å²) in [6.07, 6.45) is 4.72. The first-order chi connectivity index (χ1) is 5.74. The van der Waals surface area contributed by atoms with Crippen LogP contribution in [0.5, 0.6) is 0 Å². The molecule has 1 rings (SSSR count). The summed E-state index contributed by atoms with van der Waals surface area (Å²) in [5, 5.41) is 10.1. The van der Waals surface area contributed by atoms with Crippen molar-refractivity contribution >= 4 is 11.8 Å². The van der Waals surface area contributed by atoms with E-state index >= 15 is 0 Å². The normalized spacial score (nSPS) is 32.2. The van der Waals surface area contributed by atoms with Crippen LogP contribution in [0.1, 0.15) is 39.5 Å². The highest BCUT2D eigenvalue weighted by atomic mass is 32.2. The molecule has 0 spiro atoms. The molecule has 2 heteroatoms. The van der Waals surface area contributed by atoms with E-state index in [4.69, 9.17) is 0 Å². The second kappa shape index (κ2) is 5.13. The molecule has 0 bridgehead atoms. The SMILES string of the molecule is CCC(C)CSC1CCCC1O. The average molecular weight is 188 g/mol. The largest absolute Gasteiger partial charge is 0.392 e. The zero-order valence-electron chi connectivity index (χ0n) is 8.12. The lowest BCUT2D eigenvalue weighted by Gasteiger charge is -2.16. The molecule has 12 heavy (non-hydrogen) atoms. The Morgan fingerprint density at radius 3 is 2.75 bits per heavy atom. The van der Waals surface area contributed by atoms with E-state index in [0.29, 0.717) is 5.25 Å². The van der Waals surface area contributed by atoms with Gasteiger partial charge < -0.3 is 5.11 Å². The van der Waals surface area contributed by atoms with Crippen LogP contribution >= 0.6 is 11.8 Å². The van der Waals surface area contributed by atoms with E-state index in [2.05, 4.69) is 13.8 Å². The van der Waals surface area contributed by atoms with Crippen LogP contribution in [0.4, 0.5) is 0 Å². The highest BCUT2D eigenvalue weighted by Crippen LogP contribution is 2.31. The molecule has 1 aliphatic carbocycles. The lowest BCUT2D eigenvalue weighted by Crippen LogP contribution is -2.16. The Labute approximate surface area is 79.9 Å². The first-order valence-electron chi connectivity index (χ1n) is 5.03. The van der Waals surface area contributed by atoms with Gasteiger partial charge in [-0.3, -0.25) is 0 Å². The summed E-state index contributed by atoms with van der Waals surface area (Å²) in [6, 6.07) is 0. The van der Waals surface area contributed by atoms with Crippen molar-refractivity contribution < 1.29 is 5.11 Å². The minimum atomic E-state index is -0.0148. The molecule has 0 radical (unpaired) electrons. The van der Waals surface area contributed by atoms with Gasteiger partial charge in [0.1, 0.15) is 0 Å². The van der Waals surface area contributed by atoms with Gasteiger partial charge in [-0.25, -0.2) is 0 Å². The topological polar surface area (TPSA) is 20.2 Å². The molecule has 0 heterocycles. The third-order valence-electron chi connectivity index (χ3n) is 2.71. The van der Waals surface area contributed by atoms with E-state index in [0.717, 1.165) is 12.3 Å². The van der Waals surface area contributed by atoms with Crippen LogP contribution in [-0.2, 0) is 0 Å². The van der Waals surface area contributed by atoms with Crippen LogP contribution < -0.4 is 0 Å². The molecule has 0 aromatic heterocycles. The molecule has 0 saturated heterocycles. The standard InChI is InChI=1S/C10H20OS/c1-3-8(2)7-12-10-6-4-5-9(10)11/h8-11H,3-7H2,1-2H3. The summed E-state index contributed by atoms with van der Waals surface area (Å²) in [4.78, 5) is 0. The van der Waals surface area contributed by atoms with Crippen molar-refractivity contribution in [1.29, 1.82) is 0 Å². The monoisotopic (exact) mass is 188 g/mol. The molecular formula is C10H20OS. The maximum absolute atomic E-state index is 9.55. The predicted molar refractivity (Wildman–Crippen MR) is 55.6 cm³/mol. The second-order valence-corrected chi connectivity index (χ2v) is 5.16. The van der Waals surface area contributed by atoms with Gasteiger partial charge in [-0.15, -0.1) is 0 Å². The summed E-state index contributed by atoms with van der Waals surface area (Å²) in [6.45, 7) is 4.52. The summed E-state index contributed by atoms with van der Waals surface area (Å²) in [5.41, 5.74) is 0. The van der Waals surface area contributed by atoms with Gasteiger partial charge >= 0.3 is 0 Å². The fourth-order valence-electron chi connectivity index (χ4n) is 1.51. The van der Waals surface area contributed by atoms with Gasteiger partial charge in [0, 0.05) is 5.25 Å². The van der Waals surface area contributed by atoms with Gasteiger partial charge in [-0.1, -0.05) is 20.3 Å². The lowest BCUT2D eigenvalue weighted by atomic mass is 10.2. The van der Waals surface area contributed by atoms with Crippen molar-refractivity contribution in [2.75, 3.05) is 5.75 Å². The number of hydrogen-bond acceptors (Lipinski definition) is 2. The van der Waals surface area contributed by atoms with E-state index in [9.17, 15) is 5.11 Å². The Hall–Kier alpha value is 0.310. The van der Waals surface area contributed by atoms with Crippen LogP contribution in [0.15, 0.2) is 0 Å². The Kier molecular flexibility index (Phi) is 4.44. The molecule has 0 amide bonds. The summed E-state index contributed by atoms with van der Waals surface area (Å²) in [7, 11) is 0. The molecule has 0 aromatic carbocycles. The van der Waals surface area contributed by atoms with Crippen molar-refractivity contribution in [1.82, 2.24) is 0 Å². The van der Waals surface area contributed by atoms with Gasteiger partial charge in [0.2, 0.25) is 0 Å². The Balaban J connectivity index is 2.13. The molecular weight excluding hydrogens is 168 g/mol. The van der Waals surface area contributed by atoms with Crippen LogP contribution in [-0.4, -0.2) is 22.2 Å². The highest BCUT2D eigenvalue weighted by molar-refractivity contribution is 7.99. The molecule has 3 atom stereocenters. The van der Waals surface area contributed by atoms with Crippen molar-refractivity contribution in [3.63, 3.8) is 0 Å². The third-order valence-corrected chi connectivity index (χ3v) is 4.45. The smallest absolute Gasteiger partial charge is 0.0658 e. The number of aliphatic hydroxyl groups excluding tert-OH is 1. The van der Waals surface area contributed by atoms with E-state index in [-0.39, 0.29) is 6.10 Å². The minimum absolute atomic E-state index is 0.0148. The number of rotatable bonds is 4. The second-order valence-electron chi connectivity index (χ2n) is 3.88. The maximum atomic E-state index is 9.55. The summed E-state index contributed by atoms with van der Waals surface area (Å²) >= 11 is 1.97. The van der Waals surface area contributed by atoms with Crippen molar-refractivity contribution in [3.8, 4) is 0 Å². The number of aliphatic hydroxyl groups is 1. The van der Waals surface area contributed by atoms with Gasteiger partial charge in [0.05, 0.1) is 6.10 Å². The third kappa shape index (κ3) is 2.98. The van der Waals surface area contributed by atoms with E-state index in [1.165, 1.54) is 25.0 Å². The van der Waals surface area contributed by atoms with E-state index in [1.54, 1.807) is 0 Å². The van der Waals surface area contributed by atoms with E-state index in [1.807, 2.05) is 11.8 Å². The van der Waals surface area contributed by atoms with Crippen LogP contribution in [0.25, 0.3) is 0 Å². The van der Waals surface area contributed by atoms with Crippen molar-refractivity contribution in [2.45, 2.75) is 50.9 Å². The molecule has 72 valence electrons. The molecule has 1 saturated carbocycles. The molecule has 1 nitrogen and oxygen atoms in total. The summed E-state index contributed by atoms with van der Waals surface area (Å²) in [5.74, 6) is 2.03. The van der Waals surface area contributed by atoms with Crippen LogP contribution in [0, 0.1) is 5.92 Å². The van der Waals surface area contributed by atoms with E-state index < -0.39 is 0 Å². The Morgan fingerprint density at radius 1 is 1.50 bits per heavy atom. The number of hydrogen-bond donors (Lipinski definition) is 1. The molecule has 1 aliphatic rings. The van der Waals surface area contributed by atoms with Crippen LogP contribution in [0.3, 0.4) is 0 Å². The molecule has 0 aromatic rings. The van der Waals surface area contributed by atoms with Crippen LogP contribution in [0.2, 0.25) is 0 Å². The van der Waals surface area contributed by atoms with Gasteiger partial charge in [0.15, 0.2) is 0 Å². The molecule has 0 aliphatic heterocycles. The predicted octanol–water partition coefficient (Wildman–Crippen LogP) is 2.68. The number of thioether (sulfide) groups is 1. The van der Waals surface area contributed by atoms with Crippen molar-refractivity contribution in [3.05, 3.63) is 0 Å². The Bertz CT molecular complexity index is 127. The van der Waals surface area contributed by atoms with Gasteiger partial charge in [0.25, 0.3) is 0 Å². The lowest BCUT2D eigenvalue weighted by molar-refractivity contribution is 0.188. The molecule has 1 N–H and O–H groups in total. The average Bonchev–Trinajstić information content (AvgIpc) is 2.47. The highest BCUT2D eigenvalue weighted by Gasteiger charge is 2.25. The fourth-order valence-corrected chi connectivity index (χ4v) is 3.01. The minimum Gasteiger partial charge on any atom is -0.392 e. The Morgan fingerprint density at radius 2 is 2.25 bits per heavy atom. The van der Waals surface area contributed by atoms with Gasteiger partial charge in [-0.2, -0.15) is 11.8 Å². The first-order valence-corrected chi connectivity index (χ1v) is 6.08. The first kappa shape index (κ1) is 10.4. The van der Waals surface area contributed by atoms with Gasteiger partial charge in [-0.05, 0) is 30.9 Å². The zero-order valence-corrected chi connectivity index (χ0v) is 8.94. The fraction of sp³-hybridized carbons (Fsp3) is 1.00. The zero-order chi connectivity index (χ0) is 8.97. The maximum Gasteiger partial charge on any atom is 0.0658 e. The molecule has 3 unspecified atom stereocenters. The van der Waals surface area contributed by atoms with Crippen molar-refractivity contribution in [2.24, 2.45) is 5.92 Å². The quantitative estimate of drug-likeness (QED) is 0.732.